The summed E-state index contributed by atoms with van der Waals surface area (Å²) in [5, 5.41) is 20.3. The number of carboxylic acid groups (broad SMARTS) is 2. The zero-order chi connectivity index (χ0) is 12.0. The van der Waals surface area contributed by atoms with E-state index in [0.717, 1.165) is 0 Å². The monoisotopic (exact) mass is 226 g/mol. The van der Waals surface area contributed by atoms with E-state index in [4.69, 9.17) is 0 Å². The summed E-state index contributed by atoms with van der Waals surface area (Å²) in [6.07, 6.45) is 0. The largest absolute Gasteiger partial charge is 1.00 e. The molecule has 4 nitrogen and oxygen atoms in total. The maximum Gasteiger partial charge on any atom is 1.00 e. The Hall–Kier alpha value is -1.53. The third-order valence-electron chi connectivity index (χ3n) is 1.53. The molecule has 1 aromatic rings. The normalized spacial score (nSPS) is 7.11. The average Bonchev–Trinajstić information content (AvgIpc) is 2.24. The van der Waals surface area contributed by atoms with Crippen LogP contribution in [-0.4, -0.2) is 11.9 Å². The van der Waals surface area contributed by atoms with Crippen LogP contribution in [0.15, 0.2) is 24.3 Å². The maximum atomic E-state index is 10.1. The fourth-order valence-electron chi connectivity index (χ4n) is 0.938. The zero-order valence-corrected chi connectivity index (χ0v) is 9.94. The van der Waals surface area contributed by atoms with E-state index in [0.29, 0.717) is 11.1 Å². The van der Waals surface area contributed by atoms with Crippen LogP contribution in [0.2, 0.25) is 0 Å². The predicted octanol–water partition coefficient (Wildman–Crippen LogP) is -8.10. The number of hydrogen-bond donors (Lipinski definition) is 0. The summed E-state index contributed by atoms with van der Waals surface area (Å²) in [6, 6.07) is 6.30. The van der Waals surface area contributed by atoms with Gasteiger partial charge in [0.1, 0.15) is 11.9 Å². The van der Waals surface area contributed by atoms with Gasteiger partial charge in [0, 0.05) is 11.1 Å². The molecule has 0 aliphatic carbocycles. The van der Waals surface area contributed by atoms with Crippen LogP contribution in [-0.2, 0) is 9.59 Å². The van der Waals surface area contributed by atoms with Crippen molar-refractivity contribution in [1.82, 2.24) is 0 Å². The third kappa shape index (κ3) is 6.93. The van der Waals surface area contributed by atoms with Gasteiger partial charge in [-0.3, -0.25) is 0 Å². The average molecular weight is 226 g/mol. The Balaban J connectivity index is 0. The second kappa shape index (κ2) is 9.50. The van der Waals surface area contributed by atoms with Crippen LogP contribution in [0.5, 0.6) is 0 Å². The third-order valence-corrected chi connectivity index (χ3v) is 1.53. The predicted molar refractivity (Wildman–Crippen MR) is 50.2 cm³/mol. The smallest absolute Gasteiger partial charge is 0.537 e. The summed E-state index contributed by atoms with van der Waals surface area (Å²) >= 11 is 0. The van der Waals surface area contributed by atoms with Gasteiger partial charge in [0.15, 0.2) is 0 Å². The van der Waals surface area contributed by atoms with Gasteiger partial charge in [0.05, 0.1) is 0 Å². The molecule has 6 heteroatoms. The minimum Gasteiger partial charge on any atom is -0.537 e. The number of aliphatic carboxylic acids is 2. The molecule has 0 N–H and O–H groups in total. The Morgan fingerprint density at radius 1 is 0.833 bits per heavy atom. The molecular formula is C12H4Li2O4. The number of carboxylic acids is 2. The SMILES string of the molecule is O=C([O-])C#Cc1ccccc1C#CC(=O)[O-].[Li+].[Li+]. The van der Waals surface area contributed by atoms with E-state index < -0.39 is 11.9 Å². The number of carbonyl (C=O) groups is 2. The molecule has 0 saturated heterocycles. The van der Waals surface area contributed by atoms with E-state index in [1.165, 1.54) is 12.1 Å². The molecule has 0 heterocycles. The maximum absolute atomic E-state index is 10.1. The minimum absolute atomic E-state index is 0. The first-order valence-corrected chi connectivity index (χ1v) is 4.14. The van der Waals surface area contributed by atoms with E-state index in [2.05, 4.69) is 11.8 Å². The van der Waals surface area contributed by atoms with E-state index in [1.807, 2.05) is 11.8 Å². The Morgan fingerprint density at radius 3 is 1.44 bits per heavy atom. The molecule has 0 aromatic heterocycles. The van der Waals surface area contributed by atoms with Crippen LogP contribution in [0, 0.1) is 23.7 Å². The summed E-state index contributed by atoms with van der Waals surface area (Å²) in [5.74, 6) is 5.22. The minimum atomic E-state index is -1.51. The molecule has 0 fully saturated rings. The van der Waals surface area contributed by atoms with Crippen molar-refractivity contribution in [2.45, 2.75) is 0 Å². The Morgan fingerprint density at radius 2 is 1.17 bits per heavy atom. The summed E-state index contributed by atoms with van der Waals surface area (Å²) in [6.45, 7) is 0. The van der Waals surface area contributed by atoms with Gasteiger partial charge in [-0.2, -0.15) is 0 Å². The quantitative estimate of drug-likeness (QED) is 0.325. The molecule has 0 spiro atoms. The first-order valence-electron chi connectivity index (χ1n) is 4.14. The number of rotatable bonds is 0. The Bertz CT molecular complexity index is 508. The fraction of sp³-hybridized carbons (Fsp3) is 0. The van der Waals surface area contributed by atoms with Crippen LogP contribution in [0.25, 0.3) is 0 Å². The Labute approximate surface area is 128 Å². The summed E-state index contributed by atoms with van der Waals surface area (Å²) in [5.41, 5.74) is 0.640. The number of carbonyl (C=O) groups excluding carboxylic acids is 2. The molecule has 1 aromatic carbocycles. The van der Waals surface area contributed by atoms with Crippen molar-refractivity contribution in [2.24, 2.45) is 0 Å². The molecule has 0 radical (unpaired) electrons. The van der Waals surface area contributed by atoms with Crippen LogP contribution in [0.1, 0.15) is 11.1 Å². The van der Waals surface area contributed by atoms with Gasteiger partial charge in [-0.15, -0.1) is 0 Å². The number of hydrogen-bond acceptors (Lipinski definition) is 4. The van der Waals surface area contributed by atoms with Gasteiger partial charge in [-0.25, -0.2) is 0 Å². The van der Waals surface area contributed by atoms with Gasteiger partial charge in [-0.1, -0.05) is 24.0 Å². The summed E-state index contributed by atoms with van der Waals surface area (Å²) in [7, 11) is 0. The number of benzene rings is 1. The second-order valence-corrected chi connectivity index (χ2v) is 2.62. The molecule has 0 bridgehead atoms. The molecule has 0 saturated carbocycles. The second-order valence-electron chi connectivity index (χ2n) is 2.62. The fourth-order valence-corrected chi connectivity index (χ4v) is 0.938. The van der Waals surface area contributed by atoms with Gasteiger partial charge in [-0.05, 0) is 24.0 Å². The van der Waals surface area contributed by atoms with Gasteiger partial charge >= 0.3 is 37.7 Å². The van der Waals surface area contributed by atoms with E-state index in [9.17, 15) is 19.8 Å². The molecular weight excluding hydrogens is 222 g/mol. The topological polar surface area (TPSA) is 80.3 Å². The summed E-state index contributed by atoms with van der Waals surface area (Å²) in [4.78, 5) is 20.3. The zero-order valence-electron chi connectivity index (χ0n) is 9.94. The van der Waals surface area contributed by atoms with Crippen molar-refractivity contribution in [3.05, 3.63) is 35.4 Å². The first-order chi connectivity index (χ1) is 7.59. The molecule has 0 unspecified atom stereocenters. The van der Waals surface area contributed by atoms with Gasteiger partial charge in [0.25, 0.3) is 0 Å². The first kappa shape index (κ1) is 18.8. The standard InChI is InChI=1S/C12H6O4.2Li/c13-11(14)7-5-9-3-1-2-4-10(9)6-8-12(15)16;;/h1-4H,(H,13,14)(H,15,16);;/q;2*+1/p-2. The van der Waals surface area contributed by atoms with Crippen LogP contribution >= 0.6 is 0 Å². The molecule has 78 valence electrons. The molecule has 1 rings (SSSR count). The van der Waals surface area contributed by atoms with Crippen LogP contribution in [0.4, 0.5) is 0 Å². The van der Waals surface area contributed by atoms with Crippen molar-refractivity contribution in [3.63, 3.8) is 0 Å². The molecule has 0 atom stereocenters. The van der Waals surface area contributed by atoms with E-state index >= 15 is 0 Å². The Kier molecular flexibility index (Phi) is 9.94. The van der Waals surface area contributed by atoms with Crippen molar-refractivity contribution < 1.29 is 57.5 Å². The molecule has 18 heavy (non-hydrogen) atoms. The van der Waals surface area contributed by atoms with Gasteiger partial charge in [0.2, 0.25) is 0 Å². The van der Waals surface area contributed by atoms with Crippen LogP contribution in [0.3, 0.4) is 0 Å². The molecule has 0 amide bonds. The van der Waals surface area contributed by atoms with Crippen molar-refractivity contribution in [1.29, 1.82) is 0 Å². The van der Waals surface area contributed by atoms with Crippen molar-refractivity contribution in [3.8, 4) is 23.7 Å². The van der Waals surface area contributed by atoms with Crippen LogP contribution < -0.4 is 47.9 Å². The van der Waals surface area contributed by atoms with Crippen molar-refractivity contribution >= 4 is 11.9 Å². The van der Waals surface area contributed by atoms with E-state index in [1.54, 1.807) is 12.1 Å². The van der Waals surface area contributed by atoms with E-state index in [-0.39, 0.29) is 37.7 Å². The van der Waals surface area contributed by atoms with Crippen molar-refractivity contribution in [2.75, 3.05) is 0 Å². The summed E-state index contributed by atoms with van der Waals surface area (Å²) < 4.78 is 0. The molecule has 0 aliphatic rings. The van der Waals surface area contributed by atoms with Gasteiger partial charge < -0.3 is 19.8 Å². The molecule has 0 aliphatic heterocycles.